The molecule has 7 nitrogen and oxygen atoms in total. The van der Waals surface area contributed by atoms with Gasteiger partial charge in [-0.1, -0.05) is 32.1 Å². The molecule has 2 aromatic rings. The minimum atomic E-state index is -0.428. The van der Waals surface area contributed by atoms with E-state index in [0.717, 1.165) is 48.2 Å². The maximum atomic E-state index is 12.8. The van der Waals surface area contributed by atoms with Gasteiger partial charge in [0, 0.05) is 6.42 Å². The highest BCUT2D eigenvalue weighted by Crippen LogP contribution is 2.45. The predicted octanol–water partition coefficient (Wildman–Crippen LogP) is 5.41. The van der Waals surface area contributed by atoms with E-state index in [2.05, 4.69) is 67.3 Å². The molecular formula is C27H29N5O2. The highest BCUT2D eigenvalue weighted by atomic mass is 16.5. The average Bonchev–Trinajstić information content (AvgIpc) is 3.35. The van der Waals surface area contributed by atoms with Crippen LogP contribution >= 0.6 is 0 Å². The summed E-state index contributed by atoms with van der Waals surface area (Å²) in [6, 6.07) is 5.83. The fraction of sp³-hybridized carbons (Fsp3) is 0.407. The van der Waals surface area contributed by atoms with Crippen molar-refractivity contribution >= 4 is 22.7 Å². The second kappa shape index (κ2) is 7.78. The molecule has 174 valence electrons. The average molecular weight is 456 g/mol. The molecule has 34 heavy (non-hydrogen) atoms. The number of carbonyl (C=O) groups is 1. The third kappa shape index (κ3) is 4.22. The maximum Gasteiger partial charge on any atom is 0.291 e. The Bertz CT molecular complexity index is 1310. The maximum absolute atomic E-state index is 12.8. The molecule has 1 aliphatic carbocycles. The fourth-order valence-electron chi connectivity index (χ4n) is 4.97. The molecule has 2 bridgehead atoms. The number of aromatic nitrogens is 3. The summed E-state index contributed by atoms with van der Waals surface area (Å²) in [6.45, 7) is 8.71. The second-order valence-corrected chi connectivity index (χ2v) is 10.7. The number of hydrogen-bond acceptors (Lipinski definition) is 5. The number of hydrogen-bond donors (Lipinski definition) is 2. The quantitative estimate of drug-likeness (QED) is 0.600. The molecule has 2 aromatic heterocycles. The standard InChI is InChI=1S/C27H29N5O2/c1-25(2)9-7-17(8-10-25)22-21(32-24(33)23-29-16-19(15-28)30-23)6-5-20(31-22)18-13-26(3)11-12-27(4,14-18)34-26/h5-7,11-13,16H,8-10,14H2,1-4H3,(H,29,30)(H,32,33)/t26-,27+/m0/s1. The van der Waals surface area contributed by atoms with Crippen LogP contribution in [0.3, 0.4) is 0 Å². The van der Waals surface area contributed by atoms with Crippen molar-refractivity contribution in [2.24, 2.45) is 5.41 Å². The molecule has 2 aliphatic heterocycles. The monoisotopic (exact) mass is 455 g/mol. The van der Waals surface area contributed by atoms with Crippen LogP contribution in [0.1, 0.15) is 81.1 Å². The van der Waals surface area contributed by atoms with Gasteiger partial charge in [-0.15, -0.1) is 0 Å². The number of pyridine rings is 1. The number of carbonyl (C=O) groups excluding carboxylic acids is 1. The molecule has 0 spiro atoms. The molecule has 0 saturated carbocycles. The number of allylic oxidation sites excluding steroid dienone is 2. The Balaban J connectivity index is 1.52. The molecule has 5 rings (SSSR count). The van der Waals surface area contributed by atoms with Crippen LogP contribution in [-0.4, -0.2) is 32.1 Å². The van der Waals surface area contributed by atoms with Crippen molar-refractivity contribution in [2.75, 3.05) is 5.32 Å². The van der Waals surface area contributed by atoms with Crippen molar-refractivity contribution in [3.05, 3.63) is 65.5 Å². The van der Waals surface area contributed by atoms with Crippen molar-refractivity contribution in [3.63, 3.8) is 0 Å². The summed E-state index contributed by atoms with van der Waals surface area (Å²) in [5.41, 5.74) is 4.34. The first-order valence-corrected chi connectivity index (χ1v) is 11.7. The summed E-state index contributed by atoms with van der Waals surface area (Å²) in [4.78, 5) is 24.7. The van der Waals surface area contributed by atoms with Crippen LogP contribution in [-0.2, 0) is 4.74 Å². The van der Waals surface area contributed by atoms with E-state index in [9.17, 15) is 4.79 Å². The lowest BCUT2D eigenvalue weighted by Crippen LogP contribution is -2.35. The number of amides is 1. The smallest absolute Gasteiger partial charge is 0.291 e. The van der Waals surface area contributed by atoms with Crippen molar-refractivity contribution in [3.8, 4) is 6.07 Å². The van der Waals surface area contributed by atoms with Gasteiger partial charge in [-0.2, -0.15) is 5.26 Å². The van der Waals surface area contributed by atoms with Crippen LogP contribution in [0, 0.1) is 16.7 Å². The summed E-state index contributed by atoms with van der Waals surface area (Å²) >= 11 is 0. The molecule has 0 saturated heterocycles. The van der Waals surface area contributed by atoms with Crippen LogP contribution < -0.4 is 5.32 Å². The lowest BCUT2D eigenvalue weighted by atomic mass is 9.77. The van der Waals surface area contributed by atoms with Gasteiger partial charge in [0.2, 0.25) is 0 Å². The molecule has 3 aliphatic rings. The number of nitrogens with one attached hydrogen (secondary N) is 2. The Hall–Kier alpha value is -3.50. The Morgan fingerprint density at radius 3 is 2.71 bits per heavy atom. The minimum absolute atomic E-state index is 0.0981. The first-order valence-electron chi connectivity index (χ1n) is 11.7. The normalized spacial score (nSPS) is 27.0. The number of nitriles is 1. The van der Waals surface area contributed by atoms with E-state index < -0.39 is 11.5 Å². The van der Waals surface area contributed by atoms with Crippen molar-refractivity contribution in [1.82, 2.24) is 15.0 Å². The van der Waals surface area contributed by atoms with E-state index in [1.807, 2.05) is 18.2 Å². The van der Waals surface area contributed by atoms with Crippen molar-refractivity contribution in [2.45, 2.75) is 64.6 Å². The third-order valence-electron chi connectivity index (χ3n) is 6.88. The number of nitrogens with zero attached hydrogens (tertiary/aromatic N) is 3. The van der Waals surface area contributed by atoms with E-state index in [0.29, 0.717) is 5.69 Å². The van der Waals surface area contributed by atoms with Crippen molar-refractivity contribution in [1.29, 1.82) is 5.26 Å². The highest BCUT2D eigenvalue weighted by molar-refractivity contribution is 6.03. The first-order chi connectivity index (χ1) is 16.1. The SMILES string of the molecule is CC1(C)CC=C(c2nc(C3=C[C@]4(C)C=C[C@](C)(C3)O4)ccc2NC(=O)c2ncc(C#N)[nH]2)CC1. The van der Waals surface area contributed by atoms with Gasteiger partial charge >= 0.3 is 0 Å². The lowest BCUT2D eigenvalue weighted by Gasteiger charge is -2.35. The highest BCUT2D eigenvalue weighted by Gasteiger charge is 2.42. The number of aromatic amines is 1. The lowest BCUT2D eigenvalue weighted by molar-refractivity contribution is -0.0473. The molecule has 0 unspecified atom stereocenters. The van der Waals surface area contributed by atoms with Gasteiger partial charge in [0.25, 0.3) is 5.91 Å². The zero-order valence-electron chi connectivity index (χ0n) is 20.0. The van der Waals surface area contributed by atoms with Gasteiger partial charge in [-0.25, -0.2) is 9.97 Å². The number of rotatable bonds is 4. The number of imidazole rings is 1. The number of H-pyrrole nitrogens is 1. The van der Waals surface area contributed by atoms with Gasteiger partial charge in [0.05, 0.1) is 28.9 Å². The molecule has 0 aromatic carbocycles. The Morgan fingerprint density at radius 2 is 2.03 bits per heavy atom. The predicted molar refractivity (Wildman–Crippen MR) is 131 cm³/mol. The van der Waals surface area contributed by atoms with Gasteiger partial charge in [0.1, 0.15) is 17.4 Å². The van der Waals surface area contributed by atoms with Gasteiger partial charge < -0.3 is 15.0 Å². The zero-order chi connectivity index (χ0) is 24.1. The summed E-state index contributed by atoms with van der Waals surface area (Å²) in [5, 5.41) is 12.0. The largest absolute Gasteiger partial charge is 0.356 e. The minimum Gasteiger partial charge on any atom is -0.356 e. The summed E-state index contributed by atoms with van der Waals surface area (Å²) in [7, 11) is 0. The molecule has 4 heterocycles. The Kier molecular flexibility index (Phi) is 5.10. The Morgan fingerprint density at radius 1 is 1.21 bits per heavy atom. The number of anilines is 1. The first kappa shape index (κ1) is 22.3. The molecule has 0 fully saturated rings. The fourth-order valence-corrected chi connectivity index (χ4v) is 4.97. The number of ether oxygens (including phenoxy) is 1. The van der Waals surface area contributed by atoms with E-state index >= 15 is 0 Å². The van der Waals surface area contributed by atoms with Crippen LogP contribution in [0.5, 0.6) is 0 Å². The third-order valence-corrected chi connectivity index (χ3v) is 6.88. The second-order valence-electron chi connectivity index (χ2n) is 10.7. The van der Waals surface area contributed by atoms with Crippen LogP contribution in [0.15, 0.2) is 42.6 Å². The van der Waals surface area contributed by atoms with E-state index in [1.165, 1.54) is 6.20 Å². The van der Waals surface area contributed by atoms with Crippen LogP contribution in [0.25, 0.3) is 11.1 Å². The summed E-state index contributed by atoms with van der Waals surface area (Å²) in [5.74, 6) is -0.303. The zero-order valence-corrected chi connectivity index (χ0v) is 20.0. The molecule has 2 atom stereocenters. The molecule has 7 heteroatoms. The van der Waals surface area contributed by atoms with Crippen LogP contribution in [0.2, 0.25) is 0 Å². The van der Waals surface area contributed by atoms with E-state index in [-0.39, 0.29) is 22.5 Å². The molecule has 0 radical (unpaired) electrons. The van der Waals surface area contributed by atoms with Crippen LogP contribution in [0.4, 0.5) is 5.69 Å². The van der Waals surface area contributed by atoms with Gasteiger partial charge in [-0.05, 0) is 67.9 Å². The van der Waals surface area contributed by atoms with E-state index in [4.69, 9.17) is 15.0 Å². The molecule has 2 N–H and O–H groups in total. The molecule has 1 amide bonds. The topological polar surface area (TPSA) is 104 Å². The van der Waals surface area contributed by atoms with E-state index in [1.54, 1.807) is 0 Å². The van der Waals surface area contributed by atoms with Gasteiger partial charge in [-0.3, -0.25) is 4.79 Å². The number of fused-ring (bicyclic) bond motifs is 2. The van der Waals surface area contributed by atoms with Gasteiger partial charge in [0.15, 0.2) is 5.82 Å². The molecular weight excluding hydrogens is 426 g/mol. The van der Waals surface area contributed by atoms with Crippen molar-refractivity contribution < 1.29 is 9.53 Å². The summed E-state index contributed by atoms with van der Waals surface area (Å²) < 4.78 is 6.21. The summed E-state index contributed by atoms with van der Waals surface area (Å²) in [6.07, 6.45) is 13.6. The Labute approximate surface area is 199 Å².